The van der Waals surface area contributed by atoms with Crippen LogP contribution in [0, 0.1) is 3.57 Å². The first-order chi connectivity index (χ1) is 11.9. The highest BCUT2D eigenvalue weighted by atomic mass is 127. The molecule has 146 valence electrons. The zero-order valence-electron chi connectivity index (χ0n) is 16.4. The molecule has 1 N–H and O–H groups in total. The van der Waals surface area contributed by atoms with Crippen molar-refractivity contribution in [1.29, 1.82) is 0 Å². The fourth-order valence-corrected chi connectivity index (χ4v) is 2.34. The van der Waals surface area contributed by atoms with E-state index in [2.05, 4.69) is 27.9 Å². The number of nitrogens with zero attached hydrogens (tertiary/aromatic N) is 1. The third-order valence-corrected chi connectivity index (χ3v) is 3.71. The van der Waals surface area contributed by atoms with Crippen molar-refractivity contribution in [2.45, 2.75) is 59.3 Å². The monoisotopic (exact) mass is 476 g/mol. The fraction of sp³-hybridized carbons (Fsp3) is 0.579. The second kappa shape index (κ2) is 9.43. The van der Waals surface area contributed by atoms with Gasteiger partial charge in [0.1, 0.15) is 11.2 Å². The Bertz CT molecular complexity index is 603. The number of halogens is 1. The predicted octanol–water partition coefficient (Wildman–Crippen LogP) is 4.55. The first-order valence-corrected chi connectivity index (χ1v) is 9.63. The molecule has 0 aliphatic heterocycles. The number of alkyl carbamates (subject to hydrolysis) is 1. The smallest absolute Gasteiger partial charge is 0.410 e. The number of rotatable bonds is 5. The van der Waals surface area contributed by atoms with Crippen LogP contribution in [-0.4, -0.2) is 41.4 Å². The summed E-state index contributed by atoms with van der Waals surface area (Å²) in [6.07, 6.45) is -0.919. The lowest BCUT2D eigenvalue weighted by Crippen LogP contribution is -2.42. The number of carbonyl (C=O) groups is 2. The lowest BCUT2D eigenvalue weighted by Gasteiger charge is -2.28. The molecule has 0 spiro atoms. The average Bonchev–Trinajstić information content (AvgIpc) is 2.44. The van der Waals surface area contributed by atoms with E-state index in [0.717, 1.165) is 9.13 Å². The number of carbonyl (C=O) groups excluding carboxylic acids is 2. The molecule has 0 heterocycles. The zero-order chi connectivity index (χ0) is 20.0. The molecule has 26 heavy (non-hydrogen) atoms. The predicted molar refractivity (Wildman–Crippen MR) is 110 cm³/mol. The summed E-state index contributed by atoms with van der Waals surface area (Å²) < 4.78 is 11.8. The topological polar surface area (TPSA) is 67.9 Å². The van der Waals surface area contributed by atoms with Crippen molar-refractivity contribution in [3.8, 4) is 0 Å². The Balaban J connectivity index is 2.69. The number of hydrogen-bond acceptors (Lipinski definition) is 4. The van der Waals surface area contributed by atoms with Crippen LogP contribution in [0.1, 0.15) is 47.1 Å². The lowest BCUT2D eigenvalue weighted by molar-refractivity contribution is 0.0224. The van der Waals surface area contributed by atoms with E-state index in [1.807, 2.05) is 45.0 Å². The Morgan fingerprint density at radius 3 is 2.04 bits per heavy atom. The number of benzene rings is 1. The molecule has 0 atom stereocenters. The van der Waals surface area contributed by atoms with Gasteiger partial charge in [0, 0.05) is 23.2 Å². The molecule has 6 nitrogen and oxygen atoms in total. The summed E-state index contributed by atoms with van der Waals surface area (Å²) in [5.74, 6) is 0. The van der Waals surface area contributed by atoms with Gasteiger partial charge in [-0.3, -0.25) is 0 Å². The molecule has 0 aliphatic rings. The van der Waals surface area contributed by atoms with Crippen molar-refractivity contribution >= 4 is 34.8 Å². The molecule has 2 amide bonds. The van der Waals surface area contributed by atoms with Crippen molar-refractivity contribution in [2.75, 3.05) is 13.1 Å². The van der Waals surface area contributed by atoms with Gasteiger partial charge in [0.15, 0.2) is 0 Å². The van der Waals surface area contributed by atoms with E-state index in [1.54, 1.807) is 25.7 Å². The second-order valence-electron chi connectivity index (χ2n) is 7.96. The quantitative estimate of drug-likeness (QED) is 0.634. The Kier molecular flexibility index (Phi) is 8.17. The van der Waals surface area contributed by atoms with Gasteiger partial charge in [-0.2, -0.15) is 0 Å². The molecule has 0 radical (unpaired) electrons. The molecule has 1 aromatic carbocycles. The Labute approximate surface area is 169 Å². The van der Waals surface area contributed by atoms with Crippen LogP contribution in [0.4, 0.5) is 9.59 Å². The summed E-state index contributed by atoms with van der Waals surface area (Å²) in [4.78, 5) is 25.8. The molecule has 7 heteroatoms. The van der Waals surface area contributed by atoms with Gasteiger partial charge in [0.05, 0.1) is 0 Å². The van der Waals surface area contributed by atoms with Crippen molar-refractivity contribution in [2.24, 2.45) is 0 Å². The second-order valence-corrected chi connectivity index (χ2v) is 9.20. The molecule has 1 aromatic rings. The van der Waals surface area contributed by atoms with Crippen molar-refractivity contribution in [3.05, 3.63) is 33.4 Å². The molecule has 0 unspecified atom stereocenters. The van der Waals surface area contributed by atoms with Crippen molar-refractivity contribution in [1.82, 2.24) is 10.2 Å². The molecule has 0 aliphatic carbocycles. The fourth-order valence-electron chi connectivity index (χ4n) is 1.98. The highest BCUT2D eigenvalue weighted by Crippen LogP contribution is 2.14. The van der Waals surface area contributed by atoms with E-state index in [1.165, 1.54) is 0 Å². The third kappa shape index (κ3) is 9.84. The van der Waals surface area contributed by atoms with Crippen LogP contribution >= 0.6 is 22.6 Å². The highest BCUT2D eigenvalue weighted by molar-refractivity contribution is 14.1. The first kappa shape index (κ1) is 22.5. The van der Waals surface area contributed by atoms with Gasteiger partial charge in [-0.15, -0.1) is 0 Å². The molecular formula is C19H29IN2O4. The van der Waals surface area contributed by atoms with Crippen LogP contribution in [0.25, 0.3) is 0 Å². The maximum atomic E-state index is 12.5. The number of nitrogens with one attached hydrogen (secondary N) is 1. The van der Waals surface area contributed by atoms with E-state index in [9.17, 15) is 9.59 Å². The van der Waals surface area contributed by atoms with E-state index < -0.39 is 23.4 Å². The molecule has 1 rings (SSSR count). The van der Waals surface area contributed by atoms with Crippen LogP contribution < -0.4 is 5.32 Å². The minimum Gasteiger partial charge on any atom is -0.444 e. The molecule has 0 fully saturated rings. The lowest BCUT2D eigenvalue weighted by atomic mass is 10.2. The number of hydrogen-bond donors (Lipinski definition) is 1. The Morgan fingerprint density at radius 1 is 1.00 bits per heavy atom. The van der Waals surface area contributed by atoms with Crippen molar-refractivity contribution < 1.29 is 19.1 Å². The van der Waals surface area contributed by atoms with E-state index in [4.69, 9.17) is 9.47 Å². The van der Waals surface area contributed by atoms with Gasteiger partial charge in [-0.05, 0) is 81.8 Å². The maximum absolute atomic E-state index is 12.5. The minimum atomic E-state index is -0.583. The van der Waals surface area contributed by atoms with Crippen molar-refractivity contribution in [3.63, 3.8) is 0 Å². The molecule has 0 saturated carbocycles. The van der Waals surface area contributed by atoms with E-state index in [0.29, 0.717) is 13.1 Å². The summed E-state index contributed by atoms with van der Waals surface area (Å²) in [6, 6.07) is 7.92. The Hall–Kier alpha value is -1.51. The van der Waals surface area contributed by atoms with Crippen LogP contribution in [0.15, 0.2) is 24.3 Å². The largest absolute Gasteiger partial charge is 0.444 e. The van der Waals surface area contributed by atoms with Gasteiger partial charge < -0.3 is 19.7 Å². The summed E-state index contributed by atoms with van der Waals surface area (Å²) >= 11 is 2.24. The van der Waals surface area contributed by atoms with Crippen LogP contribution in [0.3, 0.4) is 0 Å². The minimum absolute atomic E-state index is 0.276. The van der Waals surface area contributed by atoms with E-state index in [-0.39, 0.29) is 6.54 Å². The van der Waals surface area contributed by atoms with Gasteiger partial charge in [-0.1, -0.05) is 12.1 Å². The van der Waals surface area contributed by atoms with Gasteiger partial charge in [0.25, 0.3) is 0 Å². The van der Waals surface area contributed by atoms with Gasteiger partial charge in [0.2, 0.25) is 0 Å². The summed E-state index contributed by atoms with van der Waals surface area (Å²) in [5.41, 5.74) is -0.149. The van der Waals surface area contributed by atoms with E-state index >= 15 is 0 Å². The Morgan fingerprint density at radius 2 is 1.54 bits per heavy atom. The van der Waals surface area contributed by atoms with Crippen LogP contribution in [0.2, 0.25) is 0 Å². The first-order valence-electron chi connectivity index (χ1n) is 8.55. The molecular weight excluding hydrogens is 447 g/mol. The molecule has 0 aromatic heterocycles. The SMILES string of the molecule is CC(C)(C)OC(=O)NCCN(Cc1ccc(I)cc1)C(=O)OC(C)(C)C. The van der Waals surface area contributed by atoms with Gasteiger partial charge in [-0.25, -0.2) is 9.59 Å². The maximum Gasteiger partial charge on any atom is 0.410 e. The normalized spacial score (nSPS) is 11.7. The molecule has 0 bridgehead atoms. The van der Waals surface area contributed by atoms with Crippen LogP contribution in [0.5, 0.6) is 0 Å². The number of ether oxygens (including phenoxy) is 2. The molecule has 0 saturated heterocycles. The average molecular weight is 476 g/mol. The summed E-state index contributed by atoms with van der Waals surface area (Å²) in [5, 5.41) is 2.67. The van der Waals surface area contributed by atoms with Crippen LogP contribution in [-0.2, 0) is 16.0 Å². The van der Waals surface area contributed by atoms with Gasteiger partial charge >= 0.3 is 12.2 Å². The summed E-state index contributed by atoms with van der Waals surface area (Å²) in [7, 11) is 0. The standard InChI is InChI=1S/C19H29IN2O4/c1-18(2,3)25-16(23)21-11-12-22(17(24)26-19(4,5)6)13-14-7-9-15(20)10-8-14/h7-10H,11-13H2,1-6H3,(H,21,23). The third-order valence-electron chi connectivity index (χ3n) is 2.99. The summed E-state index contributed by atoms with van der Waals surface area (Å²) in [6.45, 7) is 11.9. The number of amides is 2. The zero-order valence-corrected chi connectivity index (χ0v) is 18.5. The highest BCUT2D eigenvalue weighted by Gasteiger charge is 2.23.